The minimum atomic E-state index is -3.69. The minimum Gasteiger partial charge on any atom is -0.369 e. The number of nitrogens with two attached hydrogens (primary N) is 1. The Morgan fingerprint density at radius 1 is 1.35 bits per heavy atom. The number of rotatable bonds is 8. The zero-order chi connectivity index (χ0) is 15.0. The van der Waals surface area contributed by atoms with Crippen LogP contribution >= 0.6 is 0 Å². The van der Waals surface area contributed by atoms with Crippen molar-refractivity contribution in [2.75, 3.05) is 25.0 Å². The van der Waals surface area contributed by atoms with Gasteiger partial charge in [0, 0.05) is 25.8 Å². The lowest BCUT2D eigenvalue weighted by Gasteiger charge is -2.11. The van der Waals surface area contributed by atoms with E-state index in [-0.39, 0.29) is 18.0 Å². The van der Waals surface area contributed by atoms with Crippen LogP contribution in [0.1, 0.15) is 13.3 Å². The van der Waals surface area contributed by atoms with E-state index in [0.29, 0.717) is 12.4 Å². The molecule has 2 amide bonds. The molecule has 0 spiro atoms. The van der Waals surface area contributed by atoms with Gasteiger partial charge in [0.2, 0.25) is 10.0 Å². The van der Waals surface area contributed by atoms with Crippen molar-refractivity contribution >= 4 is 21.9 Å². The van der Waals surface area contributed by atoms with Crippen molar-refractivity contribution in [1.29, 1.82) is 0 Å². The van der Waals surface area contributed by atoms with Crippen LogP contribution in [0.4, 0.5) is 10.6 Å². The van der Waals surface area contributed by atoms with Crippen LogP contribution in [0.2, 0.25) is 0 Å². The van der Waals surface area contributed by atoms with Crippen molar-refractivity contribution in [3.63, 3.8) is 0 Å². The van der Waals surface area contributed by atoms with Crippen molar-refractivity contribution in [3.05, 3.63) is 18.3 Å². The normalized spacial score (nSPS) is 11.1. The highest BCUT2D eigenvalue weighted by molar-refractivity contribution is 7.89. The number of hydrogen-bond acceptors (Lipinski definition) is 5. The van der Waals surface area contributed by atoms with Crippen LogP contribution in [-0.2, 0) is 10.0 Å². The van der Waals surface area contributed by atoms with Gasteiger partial charge in [-0.05, 0) is 18.6 Å². The summed E-state index contributed by atoms with van der Waals surface area (Å²) < 4.78 is 26.6. The Morgan fingerprint density at radius 2 is 2.10 bits per heavy atom. The van der Waals surface area contributed by atoms with Crippen molar-refractivity contribution in [3.8, 4) is 0 Å². The third-order valence-electron chi connectivity index (χ3n) is 2.32. The molecule has 1 aromatic heterocycles. The van der Waals surface area contributed by atoms with Gasteiger partial charge < -0.3 is 16.4 Å². The number of pyridine rings is 1. The molecule has 0 aliphatic carbocycles. The number of hydrogen-bond donors (Lipinski definition) is 4. The Balaban J connectivity index is 2.73. The van der Waals surface area contributed by atoms with Crippen molar-refractivity contribution in [2.24, 2.45) is 5.73 Å². The van der Waals surface area contributed by atoms with E-state index < -0.39 is 16.1 Å². The molecule has 20 heavy (non-hydrogen) atoms. The number of nitrogens with zero attached hydrogens (tertiary/aromatic N) is 1. The number of carbonyl (C=O) groups excluding carboxylic acids is 1. The molecular formula is C11H19N5O3S. The maximum absolute atomic E-state index is 12.1. The van der Waals surface area contributed by atoms with Gasteiger partial charge in [0.25, 0.3) is 0 Å². The first-order valence-corrected chi connectivity index (χ1v) is 7.67. The van der Waals surface area contributed by atoms with Gasteiger partial charge in [0.15, 0.2) is 0 Å². The highest BCUT2D eigenvalue weighted by Gasteiger charge is 2.18. The van der Waals surface area contributed by atoms with Gasteiger partial charge in [0.05, 0.1) is 0 Å². The second-order valence-electron chi connectivity index (χ2n) is 3.97. The monoisotopic (exact) mass is 301 g/mol. The van der Waals surface area contributed by atoms with Crippen LogP contribution in [-0.4, -0.2) is 39.1 Å². The number of anilines is 1. The largest absolute Gasteiger partial charge is 0.369 e. The third-order valence-corrected chi connectivity index (χ3v) is 3.81. The molecule has 1 rings (SSSR count). The second-order valence-corrected chi connectivity index (χ2v) is 5.70. The van der Waals surface area contributed by atoms with Gasteiger partial charge in [-0.1, -0.05) is 6.92 Å². The molecule has 0 saturated heterocycles. The van der Waals surface area contributed by atoms with E-state index in [4.69, 9.17) is 5.73 Å². The zero-order valence-corrected chi connectivity index (χ0v) is 12.0. The molecule has 8 nitrogen and oxygen atoms in total. The molecular weight excluding hydrogens is 282 g/mol. The molecule has 0 unspecified atom stereocenters. The lowest BCUT2D eigenvalue weighted by Crippen LogP contribution is -2.37. The maximum Gasteiger partial charge on any atom is 0.312 e. The van der Waals surface area contributed by atoms with Gasteiger partial charge in [-0.25, -0.2) is 22.9 Å². The summed E-state index contributed by atoms with van der Waals surface area (Å²) >= 11 is 0. The zero-order valence-electron chi connectivity index (χ0n) is 11.2. The molecule has 0 saturated carbocycles. The first-order valence-electron chi connectivity index (χ1n) is 6.19. The molecule has 0 atom stereocenters. The Labute approximate surface area is 118 Å². The van der Waals surface area contributed by atoms with Gasteiger partial charge in [-0.2, -0.15) is 0 Å². The predicted molar refractivity (Wildman–Crippen MR) is 75.8 cm³/mol. The molecule has 9 heteroatoms. The minimum absolute atomic E-state index is 0.0490. The molecule has 112 valence electrons. The summed E-state index contributed by atoms with van der Waals surface area (Å²) in [7, 11) is -3.69. The fourth-order valence-corrected chi connectivity index (χ4v) is 2.60. The van der Waals surface area contributed by atoms with E-state index in [1.165, 1.54) is 12.3 Å². The summed E-state index contributed by atoms with van der Waals surface area (Å²) in [6, 6.07) is 2.32. The maximum atomic E-state index is 12.1. The van der Waals surface area contributed by atoms with E-state index in [2.05, 4.69) is 20.3 Å². The highest BCUT2D eigenvalue weighted by Crippen LogP contribution is 2.17. The van der Waals surface area contributed by atoms with Crippen LogP contribution in [0.3, 0.4) is 0 Å². The summed E-state index contributed by atoms with van der Waals surface area (Å²) in [5.41, 5.74) is 4.89. The number of carbonyl (C=O) groups is 1. The van der Waals surface area contributed by atoms with Crippen LogP contribution in [0.5, 0.6) is 0 Å². The third kappa shape index (κ3) is 5.02. The van der Waals surface area contributed by atoms with Crippen LogP contribution in [0, 0.1) is 0 Å². The molecule has 5 N–H and O–H groups in total. The summed E-state index contributed by atoms with van der Waals surface area (Å²) in [4.78, 5) is 14.6. The summed E-state index contributed by atoms with van der Waals surface area (Å²) in [5, 5.41) is 5.26. The average Bonchev–Trinajstić information content (AvgIpc) is 2.41. The Morgan fingerprint density at radius 3 is 2.75 bits per heavy atom. The fourth-order valence-electron chi connectivity index (χ4n) is 1.43. The van der Waals surface area contributed by atoms with E-state index >= 15 is 0 Å². The van der Waals surface area contributed by atoms with E-state index in [9.17, 15) is 13.2 Å². The fraction of sp³-hybridized carbons (Fsp3) is 0.455. The van der Waals surface area contributed by atoms with E-state index in [0.717, 1.165) is 6.42 Å². The number of amides is 2. The molecule has 1 aromatic rings. The van der Waals surface area contributed by atoms with Gasteiger partial charge in [0.1, 0.15) is 10.7 Å². The number of sulfonamides is 1. The average molecular weight is 301 g/mol. The van der Waals surface area contributed by atoms with Crippen molar-refractivity contribution in [2.45, 2.75) is 18.2 Å². The first kappa shape index (κ1) is 16.2. The standard InChI is InChI=1S/C11H19N5O3S/c1-2-5-13-10-9(4-3-6-14-10)20(18,19)16-8-7-15-11(12)17/h3-4,6,16H,2,5,7-8H2,1H3,(H,13,14)(H3,12,15,17). The Kier molecular flexibility index (Phi) is 6.19. The molecule has 0 radical (unpaired) electrons. The van der Waals surface area contributed by atoms with Crippen molar-refractivity contribution in [1.82, 2.24) is 15.0 Å². The quantitative estimate of drug-likeness (QED) is 0.497. The lowest BCUT2D eigenvalue weighted by atomic mass is 10.4. The number of aromatic nitrogens is 1. The SMILES string of the molecule is CCCNc1ncccc1S(=O)(=O)NCCNC(N)=O. The second kappa shape index (κ2) is 7.65. The summed E-state index contributed by atoms with van der Waals surface area (Å²) in [6.45, 7) is 2.76. The highest BCUT2D eigenvalue weighted by atomic mass is 32.2. The number of urea groups is 1. The smallest absolute Gasteiger partial charge is 0.312 e. The molecule has 0 aromatic carbocycles. The molecule has 0 aliphatic heterocycles. The molecule has 1 heterocycles. The summed E-state index contributed by atoms with van der Waals surface area (Å²) in [6.07, 6.45) is 2.37. The molecule has 0 fully saturated rings. The summed E-state index contributed by atoms with van der Waals surface area (Å²) in [5.74, 6) is 0.310. The first-order chi connectivity index (χ1) is 9.47. The van der Waals surface area contributed by atoms with Crippen LogP contribution in [0.15, 0.2) is 23.2 Å². The lowest BCUT2D eigenvalue weighted by molar-refractivity contribution is 0.249. The van der Waals surface area contributed by atoms with Crippen LogP contribution < -0.4 is 21.1 Å². The molecule has 0 aliphatic rings. The van der Waals surface area contributed by atoms with Gasteiger partial charge in [-0.15, -0.1) is 0 Å². The number of primary amides is 1. The Bertz CT molecular complexity index is 547. The molecule has 0 bridgehead atoms. The van der Waals surface area contributed by atoms with Crippen molar-refractivity contribution < 1.29 is 13.2 Å². The van der Waals surface area contributed by atoms with Crippen LogP contribution in [0.25, 0.3) is 0 Å². The predicted octanol–water partition coefficient (Wildman–Crippen LogP) is -0.150. The van der Waals surface area contributed by atoms with E-state index in [1.807, 2.05) is 6.92 Å². The van der Waals surface area contributed by atoms with Gasteiger partial charge >= 0.3 is 6.03 Å². The topological polar surface area (TPSA) is 126 Å². The Hall–Kier alpha value is -1.87. The number of nitrogens with one attached hydrogen (secondary N) is 3. The van der Waals surface area contributed by atoms with Gasteiger partial charge in [-0.3, -0.25) is 0 Å². The van der Waals surface area contributed by atoms with E-state index in [1.54, 1.807) is 6.07 Å².